The van der Waals surface area contributed by atoms with Crippen molar-refractivity contribution in [1.82, 2.24) is 9.55 Å². The molecule has 0 bridgehead atoms. The standard InChI is InChI=1S/C12H4BrN5/c13-9-1-2-11(8(3-9)4-14)18-7-17-10(5-15)12(18)6-16/h1-3,7H. The van der Waals surface area contributed by atoms with Crippen LogP contribution in [0.25, 0.3) is 5.69 Å². The Morgan fingerprint density at radius 1 is 1.11 bits per heavy atom. The maximum absolute atomic E-state index is 9.08. The van der Waals surface area contributed by atoms with Crippen molar-refractivity contribution in [3.05, 3.63) is 46.0 Å². The van der Waals surface area contributed by atoms with Gasteiger partial charge in [0.15, 0.2) is 11.4 Å². The van der Waals surface area contributed by atoms with E-state index in [-0.39, 0.29) is 11.4 Å². The van der Waals surface area contributed by atoms with E-state index in [4.69, 9.17) is 15.8 Å². The van der Waals surface area contributed by atoms with E-state index in [1.54, 1.807) is 18.2 Å². The molecular formula is C12H4BrN5. The van der Waals surface area contributed by atoms with Crippen molar-refractivity contribution in [2.75, 3.05) is 0 Å². The van der Waals surface area contributed by atoms with Crippen LogP contribution in [0.5, 0.6) is 0 Å². The number of aromatic nitrogens is 2. The molecule has 18 heavy (non-hydrogen) atoms. The minimum atomic E-state index is 0.0457. The van der Waals surface area contributed by atoms with Gasteiger partial charge in [0.05, 0.1) is 11.3 Å². The number of imidazole rings is 1. The van der Waals surface area contributed by atoms with Crippen LogP contribution in [-0.4, -0.2) is 9.55 Å². The minimum absolute atomic E-state index is 0.0457. The summed E-state index contributed by atoms with van der Waals surface area (Å²) in [6.45, 7) is 0. The molecule has 1 heterocycles. The van der Waals surface area contributed by atoms with Crippen LogP contribution in [-0.2, 0) is 0 Å². The van der Waals surface area contributed by atoms with Gasteiger partial charge in [0.1, 0.15) is 24.5 Å². The van der Waals surface area contributed by atoms with Gasteiger partial charge in [0.2, 0.25) is 0 Å². The molecule has 5 nitrogen and oxygen atoms in total. The van der Waals surface area contributed by atoms with Gasteiger partial charge < -0.3 is 0 Å². The normalized spacial score (nSPS) is 9.22. The highest BCUT2D eigenvalue weighted by molar-refractivity contribution is 9.10. The average molecular weight is 298 g/mol. The van der Waals surface area contributed by atoms with Gasteiger partial charge in [-0.25, -0.2) is 4.98 Å². The summed E-state index contributed by atoms with van der Waals surface area (Å²) in [6.07, 6.45) is 1.36. The van der Waals surface area contributed by atoms with E-state index < -0.39 is 0 Å². The predicted octanol–water partition coefficient (Wildman–Crippen LogP) is 2.25. The van der Waals surface area contributed by atoms with Crippen molar-refractivity contribution in [1.29, 1.82) is 15.8 Å². The highest BCUT2D eigenvalue weighted by atomic mass is 79.9. The second kappa shape index (κ2) is 4.71. The molecule has 0 radical (unpaired) electrons. The van der Waals surface area contributed by atoms with Crippen molar-refractivity contribution in [2.24, 2.45) is 0 Å². The van der Waals surface area contributed by atoms with Gasteiger partial charge >= 0.3 is 0 Å². The third-order valence-corrected chi connectivity index (χ3v) is 2.81. The monoisotopic (exact) mass is 297 g/mol. The molecule has 0 unspecified atom stereocenters. The fourth-order valence-electron chi connectivity index (χ4n) is 1.53. The number of rotatable bonds is 1. The molecule has 2 rings (SSSR count). The van der Waals surface area contributed by atoms with Crippen molar-refractivity contribution in [3.8, 4) is 23.9 Å². The molecule has 0 saturated carbocycles. The van der Waals surface area contributed by atoms with Gasteiger partial charge in [-0.3, -0.25) is 4.57 Å². The SMILES string of the molecule is N#Cc1cc(Br)ccc1-n1cnc(C#N)c1C#N. The third kappa shape index (κ3) is 1.84. The molecular weight excluding hydrogens is 294 g/mol. The molecule has 0 aliphatic heterocycles. The van der Waals surface area contributed by atoms with Crippen molar-refractivity contribution in [3.63, 3.8) is 0 Å². The van der Waals surface area contributed by atoms with Gasteiger partial charge in [-0.2, -0.15) is 15.8 Å². The molecule has 0 amide bonds. The first-order chi connectivity index (χ1) is 8.71. The number of halogens is 1. The van der Waals surface area contributed by atoms with Crippen LogP contribution in [0, 0.1) is 34.0 Å². The van der Waals surface area contributed by atoms with Crippen LogP contribution < -0.4 is 0 Å². The van der Waals surface area contributed by atoms with Crippen LogP contribution >= 0.6 is 15.9 Å². The lowest BCUT2D eigenvalue weighted by atomic mass is 10.2. The fraction of sp³-hybridized carbons (Fsp3) is 0. The summed E-state index contributed by atoms with van der Waals surface area (Å²) in [5.74, 6) is 0. The summed E-state index contributed by atoms with van der Waals surface area (Å²) in [4.78, 5) is 3.84. The smallest absolute Gasteiger partial charge is 0.177 e. The summed E-state index contributed by atoms with van der Waals surface area (Å²) >= 11 is 3.27. The Balaban J connectivity index is 2.72. The molecule has 0 saturated heterocycles. The lowest BCUT2D eigenvalue weighted by molar-refractivity contribution is 1.03. The Morgan fingerprint density at radius 2 is 1.89 bits per heavy atom. The van der Waals surface area contributed by atoms with Crippen molar-refractivity contribution < 1.29 is 0 Å². The van der Waals surface area contributed by atoms with Crippen LogP contribution in [0.1, 0.15) is 17.0 Å². The Morgan fingerprint density at radius 3 is 2.50 bits per heavy atom. The van der Waals surface area contributed by atoms with E-state index >= 15 is 0 Å². The van der Waals surface area contributed by atoms with Crippen molar-refractivity contribution >= 4 is 15.9 Å². The maximum atomic E-state index is 9.08. The fourth-order valence-corrected chi connectivity index (χ4v) is 1.89. The summed E-state index contributed by atoms with van der Waals surface area (Å²) in [5, 5.41) is 27.0. The van der Waals surface area contributed by atoms with Gasteiger partial charge in [-0.1, -0.05) is 15.9 Å². The first kappa shape index (κ1) is 11.9. The molecule has 1 aromatic heterocycles. The molecule has 84 valence electrons. The molecule has 0 aliphatic carbocycles. The summed E-state index contributed by atoms with van der Waals surface area (Å²) in [7, 11) is 0. The quantitative estimate of drug-likeness (QED) is 0.807. The third-order valence-electron chi connectivity index (χ3n) is 2.32. The first-order valence-corrected chi connectivity index (χ1v) is 5.58. The first-order valence-electron chi connectivity index (χ1n) is 4.79. The second-order valence-electron chi connectivity index (χ2n) is 3.31. The molecule has 0 N–H and O–H groups in total. The molecule has 0 aliphatic rings. The van der Waals surface area contributed by atoms with Crippen LogP contribution in [0.4, 0.5) is 0 Å². The van der Waals surface area contributed by atoms with E-state index in [1.165, 1.54) is 10.9 Å². The molecule has 0 fully saturated rings. The lowest BCUT2D eigenvalue weighted by Crippen LogP contribution is -1.99. The molecule has 1 aromatic carbocycles. The molecule has 0 atom stereocenters. The number of nitrogens with zero attached hydrogens (tertiary/aromatic N) is 5. The number of nitriles is 3. The number of benzene rings is 1. The summed E-state index contributed by atoms with van der Waals surface area (Å²) in [6, 6.07) is 10.9. The molecule has 0 spiro atoms. The number of hydrogen-bond donors (Lipinski definition) is 0. The topological polar surface area (TPSA) is 89.2 Å². The average Bonchev–Trinajstić information content (AvgIpc) is 2.81. The Bertz CT molecular complexity index is 739. The molecule has 2 aromatic rings. The minimum Gasteiger partial charge on any atom is -0.288 e. The highest BCUT2D eigenvalue weighted by Gasteiger charge is 2.14. The zero-order valence-corrected chi connectivity index (χ0v) is 10.5. The second-order valence-corrected chi connectivity index (χ2v) is 4.22. The maximum Gasteiger partial charge on any atom is 0.177 e. The van der Waals surface area contributed by atoms with E-state index in [1.807, 2.05) is 18.2 Å². The van der Waals surface area contributed by atoms with Crippen LogP contribution in [0.2, 0.25) is 0 Å². The predicted molar refractivity (Wildman–Crippen MR) is 65.4 cm³/mol. The summed E-state index contributed by atoms with van der Waals surface area (Å²) < 4.78 is 2.20. The van der Waals surface area contributed by atoms with Gasteiger partial charge in [-0.15, -0.1) is 0 Å². The van der Waals surface area contributed by atoms with Crippen LogP contribution in [0.15, 0.2) is 29.0 Å². The zero-order valence-electron chi connectivity index (χ0n) is 8.92. The lowest BCUT2D eigenvalue weighted by Gasteiger charge is -2.06. The zero-order chi connectivity index (χ0) is 13.1. The molecule has 6 heteroatoms. The number of hydrogen-bond acceptors (Lipinski definition) is 4. The van der Waals surface area contributed by atoms with E-state index in [2.05, 4.69) is 20.9 Å². The van der Waals surface area contributed by atoms with Crippen LogP contribution in [0.3, 0.4) is 0 Å². The highest BCUT2D eigenvalue weighted by Crippen LogP contribution is 2.21. The van der Waals surface area contributed by atoms with Gasteiger partial charge in [0, 0.05) is 4.47 Å². The van der Waals surface area contributed by atoms with E-state index in [0.29, 0.717) is 11.3 Å². The Hall–Kier alpha value is -2.62. The Kier molecular flexibility index (Phi) is 3.10. The Labute approximate surface area is 111 Å². The summed E-state index contributed by atoms with van der Waals surface area (Å²) in [5.41, 5.74) is 1.08. The van der Waals surface area contributed by atoms with E-state index in [0.717, 1.165) is 4.47 Å². The van der Waals surface area contributed by atoms with Gasteiger partial charge in [-0.05, 0) is 18.2 Å². The van der Waals surface area contributed by atoms with Crippen molar-refractivity contribution in [2.45, 2.75) is 0 Å². The largest absolute Gasteiger partial charge is 0.288 e. The van der Waals surface area contributed by atoms with E-state index in [9.17, 15) is 0 Å². The van der Waals surface area contributed by atoms with Gasteiger partial charge in [0.25, 0.3) is 0 Å².